The molecule has 26 heavy (non-hydrogen) atoms. The van der Waals surface area contributed by atoms with Crippen LogP contribution in [-0.4, -0.2) is 21.8 Å². The monoisotopic (exact) mass is 373 g/mol. The molecule has 6 nitrogen and oxygen atoms in total. The van der Waals surface area contributed by atoms with Gasteiger partial charge in [-0.1, -0.05) is 17.3 Å². The molecule has 1 unspecified atom stereocenters. The Morgan fingerprint density at radius 2 is 2.27 bits per heavy atom. The summed E-state index contributed by atoms with van der Waals surface area (Å²) in [6, 6.07) is 8.29. The molecule has 1 N–H and O–H groups in total. The zero-order valence-electron chi connectivity index (χ0n) is 13.8. The van der Waals surface area contributed by atoms with Crippen molar-refractivity contribution >= 4 is 17.7 Å². The lowest BCUT2D eigenvalue weighted by Crippen LogP contribution is -2.31. The second-order valence-electron chi connectivity index (χ2n) is 5.90. The lowest BCUT2D eigenvalue weighted by Gasteiger charge is -2.26. The van der Waals surface area contributed by atoms with Crippen molar-refractivity contribution in [2.24, 2.45) is 0 Å². The summed E-state index contributed by atoms with van der Waals surface area (Å²) >= 11 is 1.49. The van der Waals surface area contributed by atoms with Crippen molar-refractivity contribution in [3.63, 3.8) is 0 Å². The molecule has 2 aromatic heterocycles. The maximum absolute atomic E-state index is 13.9. The molecule has 0 aliphatic carbocycles. The highest BCUT2D eigenvalue weighted by atomic mass is 32.2. The Balaban J connectivity index is 1.36. The molecule has 0 radical (unpaired) electrons. The fourth-order valence-corrected chi connectivity index (χ4v) is 4.03. The van der Waals surface area contributed by atoms with Gasteiger partial charge in [0.2, 0.25) is 17.6 Å². The Kier molecular flexibility index (Phi) is 4.75. The minimum atomic E-state index is -0.234. The zero-order valence-corrected chi connectivity index (χ0v) is 14.6. The van der Waals surface area contributed by atoms with E-state index in [-0.39, 0.29) is 24.2 Å². The van der Waals surface area contributed by atoms with Crippen molar-refractivity contribution in [1.82, 2.24) is 15.5 Å². The Labute approximate surface area is 153 Å². The number of fused-ring (bicyclic) bond motifs is 1. The van der Waals surface area contributed by atoms with Crippen LogP contribution in [0.5, 0.6) is 0 Å². The van der Waals surface area contributed by atoms with Gasteiger partial charge in [0.25, 0.3) is 0 Å². The predicted octanol–water partition coefficient (Wildman–Crippen LogP) is 3.75. The van der Waals surface area contributed by atoms with Gasteiger partial charge >= 0.3 is 0 Å². The van der Waals surface area contributed by atoms with Crippen molar-refractivity contribution in [2.45, 2.75) is 30.2 Å². The molecule has 134 valence electrons. The molecule has 8 heteroatoms. The van der Waals surface area contributed by atoms with E-state index >= 15 is 0 Å². The number of aryl methyl sites for hydroxylation is 1. The number of thioether (sulfide) groups is 1. The molecule has 1 aliphatic rings. The van der Waals surface area contributed by atoms with Crippen LogP contribution in [0.15, 0.2) is 50.4 Å². The summed E-state index contributed by atoms with van der Waals surface area (Å²) < 4.78 is 24.3. The lowest BCUT2D eigenvalue weighted by molar-refractivity contribution is -0.121. The van der Waals surface area contributed by atoms with Gasteiger partial charge in [-0.25, -0.2) is 4.39 Å². The third kappa shape index (κ3) is 3.50. The zero-order chi connectivity index (χ0) is 17.9. The van der Waals surface area contributed by atoms with Crippen LogP contribution < -0.4 is 5.32 Å². The third-order valence-electron chi connectivity index (χ3n) is 4.14. The molecule has 0 spiro atoms. The molecule has 4 rings (SSSR count). The van der Waals surface area contributed by atoms with Crippen molar-refractivity contribution in [3.8, 4) is 11.6 Å². The summed E-state index contributed by atoms with van der Waals surface area (Å²) in [5, 5.41) is 6.82. The van der Waals surface area contributed by atoms with Crippen LogP contribution in [0.25, 0.3) is 11.6 Å². The molecular formula is C18H16FN3O3S. The topological polar surface area (TPSA) is 81.2 Å². The minimum absolute atomic E-state index is 0.130. The molecule has 3 heterocycles. The van der Waals surface area contributed by atoms with Gasteiger partial charge in [-0.15, -0.1) is 11.8 Å². The molecule has 1 atom stereocenters. The molecule has 3 aromatic rings. The number of hydrogen-bond acceptors (Lipinski definition) is 6. The molecule has 0 saturated carbocycles. The van der Waals surface area contributed by atoms with Crippen LogP contribution in [0.3, 0.4) is 0 Å². The standard InChI is InChI=1S/C18H16FN3O3S/c19-12-4-1-3-11-13(8-10-26-17(11)12)20-15(23)6-7-16-21-18(22-25-16)14-5-2-9-24-14/h1-5,9,13H,6-8,10H2,(H,20,23). The fraction of sp³-hybridized carbons (Fsp3) is 0.278. The average molecular weight is 373 g/mol. The van der Waals surface area contributed by atoms with Crippen molar-refractivity contribution in [1.29, 1.82) is 0 Å². The Bertz CT molecular complexity index is 910. The summed E-state index contributed by atoms with van der Waals surface area (Å²) in [7, 11) is 0. The highest BCUT2D eigenvalue weighted by molar-refractivity contribution is 7.99. The molecular weight excluding hydrogens is 357 g/mol. The van der Waals surface area contributed by atoms with Crippen LogP contribution in [0.4, 0.5) is 4.39 Å². The van der Waals surface area contributed by atoms with Crippen LogP contribution in [0, 0.1) is 5.82 Å². The summed E-state index contributed by atoms with van der Waals surface area (Å²) in [5.41, 5.74) is 0.840. The maximum Gasteiger partial charge on any atom is 0.238 e. The largest absolute Gasteiger partial charge is 0.461 e. The van der Waals surface area contributed by atoms with Gasteiger partial charge in [-0.2, -0.15) is 4.98 Å². The van der Waals surface area contributed by atoms with Gasteiger partial charge in [0, 0.05) is 23.5 Å². The maximum atomic E-state index is 13.9. The van der Waals surface area contributed by atoms with E-state index in [1.807, 2.05) is 6.07 Å². The number of nitrogens with one attached hydrogen (secondary N) is 1. The van der Waals surface area contributed by atoms with Crippen molar-refractivity contribution in [2.75, 3.05) is 5.75 Å². The highest BCUT2D eigenvalue weighted by Gasteiger charge is 2.24. The fourth-order valence-electron chi connectivity index (χ4n) is 2.89. The van der Waals surface area contributed by atoms with Gasteiger partial charge in [0.05, 0.1) is 12.3 Å². The lowest BCUT2D eigenvalue weighted by atomic mass is 10.0. The quantitative estimate of drug-likeness (QED) is 0.733. The van der Waals surface area contributed by atoms with E-state index in [0.29, 0.717) is 28.8 Å². The molecule has 1 aliphatic heterocycles. The number of nitrogens with zero attached hydrogens (tertiary/aromatic N) is 2. The van der Waals surface area contributed by atoms with E-state index in [9.17, 15) is 9.18 Å². The van der Waals surface area contributed by atoms with Gasteiger partial charge in [-0.05, 0) is 30.2 Å². The van der Waals surface area contributed by atoms with Gasteiger partial charge < -0.3 is 14.3 Å². The third-order valence-corrected chi connectivity index (χ3v) is 5.30. The average Bonchev–Trinajstić information content (AvgIpc) is 3.32. The van der Waals surface area contributed by atoms with Crippen LogP contribution in [0.2, 0.25) is 0 Å². The smallest absolute Gasteiger partial charge is 0.238 e. The highest BCUT2D eigenvalue weighted by Crippen LogP contribution is 2.37. The minimum Gasteiger partial charge on any atom is -0.461 e. The second-order valence-corrected chi connectivity index (χ2v) is 7.01. The number of amides is 1. The summed E-state index contributed by atoms with van der Waals surface area (Å²) in [4.78, 5) is 17.1. The molecule has 0 fully saturated rings. The summed E-state index contributed by atoms with van der Waals surface area (Å²) in [6.07, 6.45) is 2.85. The van der Waals surface area contributed by atoms with Crippen molar-refractivity contribution in [3.05, 3.63) is 53.9 Å². The number of rotatable bonds is 5. The van der Waals surface area contributed by atoms with E-state index in [1.165, 1.54) is 24.1 Å². The van der Waals surface area contributed by atoms with Crippen molar-refractivity contribution < 1.29 is 18.1 Å². The van der Waals surface area contributed by atoms with Crippen LogP contribution in [0.1, 0.15) is 30.3 Å². The second kappa shape index (κ2) is 7.33. The first-order valence-corrected chi connectivity index (χ1v) is 9.26. The van der Waals surface area contributed by atoms with Gasteiger partial charge in [0.1, 0.15) is 5.82 Å². The SMILES string of the molecule is O=C(CCc1nc(-c2ccco2)no1)NC1CCSc2c(F)cccc21. The summed E-state index contributed by atoms with van der Waals surface area (Å²) in [6.45, 7) is 0. The first-order valence-electron chi connectivity index (χ1n) is 8.28. The van der Waals surface area contributed by atoms with Crippen LogP contribution in [-0.2, 0) is 11.2 Å². The van der Waals surface area contributed by atoms with Crippen LogP contribution >= 0.6 is 11.8 Å². The number of benzene rings is 1. The van der Waals surface area contributed by atoms with Gasteiger partial charge in [0.15, 0.2) is 5.76 Å². The van der Waals surface area contributed by atoms with E-state index in [0.717, 1.165) is 17.7 Å². The van der Waals surface area contributed by atoms with E-state index in [4.69, 9.17) is 8.94 Å². The van der Waals surface area contributed by atoms with E-state index in [1.54, 1.807) is 18.2 Å². The number of furan rings is 1. The number of carbonyl (C=O) groups is 1. The Hall–Kier alpha value is -2.61. The van der Waals surface area contributed by atoms with E-state index < -0.39 is 0 Å². The predicted molar refractivity (Wildman–Crippen MR) is 92.9 cm³/mol. The number of carbonyl (C=O) groups excluding carboxylic acids is 1. The molecule has 1 aromatic carbocycles. The normalized spacial score (nSPS) is 16.3. The number of aromatic nitrogens is 2. The first-order chi connectivity index (χ1) is 12.7. The first kappa shape index (κ1) is 16.8. The Morgan fingerprint density at radius 3 is 3.12 bits per heavy atom. The molecule has 0 bridgehead atoms. The van der Waals surface area contributed by atoms with E-state index in [2.05, 4.69) is 15.5 Å². The number of halogens is 1. The Morgan fingerprint density at radius 1 is 1.35 bits per heavy atom. The summed E-state index contributed by atoms with van der Waals surface area (Å²) in [5.74, 6) is 1.66. The number of hydrogen-bond donors (Lipinski definition) is 1. The van der Waals surface area contributed by atoms with Gasteiger partial charge in [-0.3, -0.25) is 4.79 Å². The molecule has 1 amide bonds. The molecule has 0 saturated heterocycles.